The SMILES string of the molecule is Cn1nnnc1SSC(Cl)(Cl)Cl. The Bertz CT molecular complexity index is 258. The van der Waals surface area contributed by atoms with Crippen molar-refractivity contribution in [1.29, 1.82) is 0 Å². The third-order valence-corrected chi connectivity index (χ3v) is 4.52. The molecule has 9 heteroatoms. The van der Waals surface area contributed by atoms with Gasteiger partial charge in [0.05, 0.1) is 0 Å². The number of aryl methyl sites for hydroxylation is 1. The maximum absolute atomic E-state index is 5.50. The molecule has 0 radical (unpaired) electrons. The maximum Gasteiger partial charge on any atom is 0.247 e. The minimum absolute atomic E-state index is 0.589. The Labute approximate surface area is 91.7 Å². The molecule has 1 heterocycles. The first-order valence-electron chi connectivity index (χ1n) is 2.64. The summed E-state index contributed by atoms with van der Waals surface area (Å²) in [5.74, 6) is 0. The summed E-state index contributed by atoms with van der Waals surface area (Å²) in [4.78, 5) is 0. The molecule has 0 N–H and O–H groups in total. The van der Waals surface area contributed by atoms with Crippen LogP contribution in [0.3, 0.4) is 0 Å². The van der Waals surface area contributed by atoms with Gasteiger partial charge in [-0.25, -0.2) is 4.68 Å². The highest BCUT2D eigenvalue weighted by atomic mass is 35.6. The molecule has 0 aliphatic heterocycles. The highest BCUT2D eigenvalue weighted by Crippen LogP contribution is 2.48. The highest BCUT2D eigenvalue weighted by molar-refractivity contribution is 8.78. The average Bonchev–Trinajstić information content (AvgIpc) is 2.29. The summed E-state index contributed by atoms with van der Waals surface area (Å²) in [6.07, 6.45) is 0. The zero-order valence-corrected chi connectivity index (χ0v) is 9.64. The fourth-order valence-corrected chi connectivity index (χ4v) is 2.54. The van der Waals surface area contributed by atoms with Crippen molar-refractivity contribution in [2.45, 2.75) is 8.28 Å². The average molecular weight is 266 g/mol. The first kappa shape index (κ1) is 10.7. The molecule has 0 spiro atoms. The first-order chi connectivity index (χ1) is 5.49. The molecule has 12 heavy (non-hydrogen) atoms. The van der Waals surface area contributed by atoms with Crippen molar-refractivity contribution in [3.63, 3.8) is 0 Å². The van der Waals surface area contributed by atoms with Crippen LogP contribution in [0.4, 0.5) is 0 Å². The van der Waals surface area contributed by atoms with E-state index in [1.54, 1.807) is 7.05 Å². The van der Waals surface area contributed by atoms with Crippen molar-refractivity contribution in [2.75, 3.05) is 0 Å². The summed E-state index contributed by atoms with van der Waals surface area (Å²) in [7, 11) is 3.97. The van der Waals surface area contributed by atoms with Gasteiger partial charge in [0.15, 0.2) is 0 Å². The number of nitrogens with zero attached hydrogens (tertiary/aromatic N) is 4. The van der Waals surface area contributed by atoms with E-state index >= 15 is 0 Å². The van der Waals surface area contributed by atoms with Crippen molar-refractivity contribution in [3.8, 4) is 0 Å². The van der Waals surface area contributed by atoms with E-state index in [2.05, 4.69) is 15.5 Å². The number of hydrogen-bond acceptors (Lipinski definition) is 5. The minimum atomic E-state index is -1.35. The van der Waals surface area contributed by atoms with E-state index in [1.807, 2.05) is 0 Å². The highest BCUT2D eigenvalue weighted by Gasteiger charge is 2.22. The topological polar surface area (TPSA) is 43.6 Å². The monoisotopic (exact) mass is 264 g/mol. The smallest absolute Gasteiger partial charge is 0.223 e. The van der Waals surface area contributed by atoms with Crippen LogP contribution in [0.15, 0.2) is 5.16 Å². The van der Waals surface area contributed by atoms with E-state index in [0.29, 0.717) is 5.16 Å². The largest absolute Gasteiger partial charge is 0.247 e. The van der Waals surface area contributed by atoms with E-state index in [0.717, 1.165) is 10.8 Å². The van der Waals surface area contributed by atoms with Crippen LogP contribution in [0.5, 0.6) is 0 Å². The van der Waals surface area contributed by atoms with Crippen molar-refractivity contribution in [1.82, 2.24) is 20.2 Å². The normalized spacial score (nSPS) is 12.0. The summed E-state index contributed by atoms with van der Waals surface area (Å²) in [6.45, 7) is 0. The van der Waals surface area contributed by atoms with Crippen molar-refractivity contribution in [3.05, 3.63) is 0 Å². The molecule has 0 fully saturated rings. The second kappa shape index (κ2) is 4.23. The number of alkyl halides is 3. The quantitative estimate of drug-likeness (QED) is 0.606. The third-order valence-electron chi connectivity index (χ3n) is 0.792. The Morgan fingerprint density at radius 2 is 2.08 bits per heavy atom. The molecule has 68 valence electrons. The van der Waals surface area contributed by atoms with E-state index < -0.39 is 3.12 Å². The number of halogens is 3. The fourth-order valence-electron chi connectivity index (χ4n) is 0.376. The standard InChI is InChI=1S/C3H3Cl3N4S2/c1-10-2(7-8-9-10)11-12-3(4,5)6/h1H3. The Kier molecular flexibility index (Phi) is 3.78. The van der Waals surface area contributed by atoms with E-state index in [-0.39, 0.29) is 0 Å². The minimum Gasteiger partial charge on any atom is -0.223 e. The zero-order valence-electron chi connectivity index (χ0n) is 5.74. The Balaban J connectivity index is 2.49. The third kappa shape index (κ3) is 3.57. The van der Waals surface area contributed by atoms with Crippen LogP contribution in [0.1, 0.15) is 0 Å². The second-order valence-corrected chi connectivity index (χ2v) is 6.96. The van der Waals surface area contributed by atoms with Gasteiger partial charge in [-0.1, -0.05) is 34.8 Å². The number of tetrazole rings is 1. The summed E-state index contributed by atoms with van der Waals surface area (Å²) in [5.41, 5.74) is 0. The van der Waals surface area contributed by atoms with Gasteiger partial charge >= 0.3 is 0 Å². The van der Waals surface area contributed by atoms with Gasteiger partial charge in [-0.05, 0) is 32.0 Å². The predicted octanol–water partition coefficient (Wildman–Crippen LogP) is 2.28. The molecule has 0 amide bonds. The summed E-state index contributed by atoms with van der Waals surface area (Å²) in [5, 5.41) is 11.3. The Hall–Kier alpha value is 0.640. The van der Waals surface area contributed by atoms with Gasteiger partial charge in [0.2, 0.25) is 8.28 Å². The molecule has 0 aliphatic rings. The van der Waals surface area contributed by atoms with E-state index in [4.69, 9.17) is 34.8 Å². The van der Waals surface area contributed by atoms with Gasteiger partial charge < -0.3 is 0 Å². The lowest BCUT2D eigenvalue weighted by Gasteiger charge is -2.06. The summed E-state index contributed by atoms with van der Waals surface area (Å²) >= 11 is 16.5. The molecule has 4 nitrogen and oxygen atoms in total. The fraction of sp³-hybridized carbons (Fsp3) is 0.667. The van der Waals surface area contributed by atoms with Gasteiger partial charge in [0.25, 0.3) is 0 Å². The summed E-state index contributed by atoms with van der Waals surface area (Å²) < 4.78 is 0.144. The van der Waals surface area contributed by atoms with Gasteiger partial charge in [-0.15, -0.1) is 5.10 Å². The molecule has 0 saturated heterocycles. The molecule has 1 rings (SSSR count). The lowest BCUT2D eigenvalue weighted by molar-refractivity contribution is 0.666. The van der Waals surface area contributed by atoms with Crippen molar-refractivity contribution >= 4 is 56.4 Å². The summed E-state index contributed by atoms with van der Waals surface area (Å²) in [6, 6.07) is 0. The van der Waals surface area contributed by atoms with Crippen LogP contribution in [0.25, 0.3) is 0 Å². The van der Waals surface area contributed by atoms with Crippen molar-refractivity contribution in [2.24, 2.45) is 7.05 Å². The van der Waals surface area contributed by atoms with Crippen LogP contribution in [0, 0.1) is 0 Å². The lowest BCUT2D eigenvalue weighted by atomic mass is 11.2. The number of aromatic nitrogens is 4. The van der Waals surface area contributed by atoms with Gasteiger partial charge in [-0.3, -0.25) is 0 Å². The van der Waals surface area contributed by atoms with Crippen LogP contribution in [0.2, 0.25) is 0 Å². The molecule has 0 aromatic carbocycles. The Morgan fingerprint density at radius 3 is 2.50 bits per heavy atom. The predicted molar refractivity (Wildman–Crippen MR) is 52.5 cm³/mol. The molecule has 0 saturated carbocycles. The lowest BCUT2D eigenvalue weighted by Crippen LogP contribution is -1.94. The second-order valence-electron chi connectivity index (χ2n) is 1.70. The van der Waals surface area contributed by atoms with Gasteiger partial charge in [0, 0.05) is 7.05 Å². The number of rotatable bonds is 2. The molecular formula is C3H3Cl3N4S2. The zero-order chi connectivity index (χ0) is 9.19. The Morgan fingerprint density at radius 1 is 1.42 bits per heavy atom. The maximum atomic E-state index is 5.50. The molecule has 0 aliphatic carbocycles. The molecule has 0 atom stereocenters. The van der Waals surface area contributed by atoms with Crippen LogP contribution < -0.4 is 0 Å². The van der Waals surface area contributed by atoms with Crippen LogP contribution in [-0.2, 0) is 7.05 Å². The number of hydrogen-bond donors (Lipinski definition) is 0. The van der Waals surface area contributed by atoms with Crippen molar-refractivity contribution < 1.29 is 0 Å². The van der Waals surface area contributed by atoms with E-state index in [9.17, 15) is 0 Å². The molecule has 1 aromatic heterocycles. The van der Waals surface area contributed by atoms with Crippen LogP contribution >= 0.6 is 56.4 Å². The molecule has 0 bridgehead atoms. The van der Waals surface area contributed by atoms with Gasteiger partial charge in [0.1, 0.15) is 0 Å². The molecular weight excluding hydrogens is 263 g/mol. The molecule has 1 aromatic rings. The van der Waals surface area contributed by atoms with Gasteiger partial charge in [-0.2, -0.15) is 0 Å². The van der Waals surface area contributed by atoms with Crippen LogP contribution in [-0.4, -0.2) is 23.3 Å². The van der Waals surface area contributed by atoms with E-state index in [1.165, 1.54) is 15.5 Å². The first-order valence-corrected chi connectivity index (χ1v) is 5.92. The molecule has 0 unspecified atom stereocenters.